The first kappa shape index (κ1) is 40.1. The monoisotopic (exact) mass is 617 g/mol. The maximum Gasteiger partial charge on any atom is 0.338 e. The lowest BCUT2D eigenvalue weighted by atomic mass is 10.1. The topological polar surface area (TPSA) is 59.1 Å². The Bertz CT molecular complexity index is 744. The minimum Gasteiger partial charge on any atom is -0.462 e. The van der Waals surface area contributed by atoms with Gasteiger partial charge in [0.15, 0.2) is 0 Å². The molecular formula is C38H68N2O4. The Morgan fingerprint density at radius 3 is 1.11 bits per heavy atom. The van der Waals surface area contributed by atoms with Crippen molar-refractivity contribution in [3.05, 3.63) is 35.4 Å². The highest BCUT2D eigenvalue weighted by Crippen LogP contribution is 2.11. The van der Waals surface area contributed by atoms with Crippen LogP contribution in [-0.4, -0.2) is 74.2 Å². The van der Waals surface area contributed by atoms with Gasteiger partial charge in [0, 0.05) is 13.1 Å². The Kier molecular flexibility index (Phi) is 26.0. The predicted octanol–water partition coefficient (Wildman–Crippen LogP) is 9.71. The van der Waals surface area contributed by atoms with Gasteiger partial charge in [-0.3, -0.25) is 0 Å². The number of hydrogen-bond donors (Lipinski definition) is 0. The van der Waals surface area contributed by atoms with Crippen molar-refractivity contribution in [1.29, 1.82) is 0 Å². The number of benzene rings is 1. The van der Waals surface area contributed by atoms with Crippen molar-refractivity contribution in [3.63, 3.8) is 0 Å². The van der Waals surface area contributed by atoms with Gasteiger partial charge in [-0.15, -0.1) is 0 Å². The fraction of sp³-hybridized carbons (Fsp3) is 0.789. The molecule has 0 radical (unpaired) electrons. The van der Waals surface area contributed by atoms with Crippen molar-refractivity contribution in [2.75, 3.05) is 52.5 Å². The molecule has 0 fully saturated rings. The number of rotatable bonds is 30. The van der Waals surface area contributed by atoms with Crippen LogP contribution in [0.5, 0.6) is 0 Å². The van der Waals surface area contributed by atoms with Crippen LogP contribution in [0.4, 0.5) is 0 Å². The van der Waals surface area contributed by atoms with E-state index in [0.29, 0.717) is 24.3 Å². The second-order valence-electron chi connectivity index (χ2n) is 12.5. The number of ether oxygens (including phenoxy) is 2. The standard InChI is InChI=1S/C38H68N2O4/c1-5-9-13-17-26-39(27-18-14-10-6-2)30-22-32-43-37(41)35-24-21-25-36(34-35)38(42)44-33-23-31-40(28-19-15-11-7-3)29-20-16-12-8-4/h21,24-25,34H,5-20,22-23,26-33H2,1-4H3. The van der Waals surface area contributed by atoms with Crippen LogP contribution in [0.1, 0.15) is 164 Å². The Hall–Kier alpha value is -1.92. The molecule has 0 aliphatic heterocycles. The average Bonchev–Trinajstić information content (AvgIpc) is 3.04. The molecule has 0 spiro atoms. The molecule has 6 heteroatoms. The molecule has 0 aromatic heterocycles. The molecule has 44 heavy (non-hydrogen) atoms. The van der Waals surface area contributed by atoms with Gasteiger partial charge in [-0.2, -0.15) is 0 Å². The smallest absolute Gasteiger partial charge is 0.338 e. The molecule has 1 aromatic carbocycles. The van der Waals surface area contributed by atoms with E-state index in [2.05, 4.69) is 37.5 Å². The van der Waals surface area contributed by atoms with Crippen LogP contribution < -0.4 is 0 Å². The van der Waals surface area contributed by atoms with Crippen LogP contribution in [0.3, 0.4) is 0 Å². The zero-order chi connectivity index (χ0) is 32.1. The number of hydrogen-bond acceptors (Lipinski definition) is 6. The quantitative estimate of drug-likeness (QED) is 0.0633. The van der Waals surface area contributed by atoms with Crippen LogP contribution in [0.25, 0.3) is 0 Å². The highest BCUT2D eigenvalue weighted by molar-refractivity contribution is 5.95. The van der Waals surface area contributed by atoms with Gasteiger partial charge in [-0.1, -0.05) is 111 Å². The van der Waals surface area contributed by atoms with E-state index in [4.69, 9.17) is 9.47 Å². The Balaban J connectivity index is 2.45. The van der Waals surface area contributed by atoms with E-state index in [-0.39, 0.29) is 11.9 Å². The summed E-state index contributed by atoms with van der Waals surface area (Å²) in [4.78, 5) is 30.6. The van der Waals surface area contributed by atoms with Crippen molar-refractivity contribution in [1.82, 2.24) is 9.80 Å². The average molecular weight is 617 g/mol. The number of nitrogens with zero attached hydrogens (tertiary/aromatic N) is 2. The van der Waals surface area contributed by atoms with E-state index in [9.17, 15) is 9.59 Å². The van der Waals surface area contributed by atoms with Gasteiger partial charge in [0.2, 0.25) is 0 Å². The Morgan fingerprint density at radius 2 is 0.795 bits per heavy atom. The second-order valence-corrected chi connectivity index (χ2v) is 12.5. The summed E-state index contributed by atoms with van der Waals surface area (Å²) < 4.78 is 11.2. The summed E-state index contributed by atoms with van der Waals surface area (Å²) in [5.41, 5.74) is 0.807. The Labute approximate surface area is 271 Å². The third kappa shape index (κ3) is 20.9. The highest BCUT2D eigenvalue weighted by atomic mass is 16.5. The first-order valence-corrected chi connectivity index (χ1v) is 18.4. The molecule has 0 saturated carbocycles. The molecule has 6 nitrogen and oxygen atoms in total. The zero-order valence-corrected chi connectivity index (χ0v) is 29.2. The van der Waals surface area contributed by atoms with E-state index in [1.165, 1.54) is 103 Å². The summed E-state index contributed by atoms with van der Waals surface area (Å²) in [6.07, 6.45) is 21.9. The molecule has 1 aromatic rings. The van der Waals surface area contributed by atoms with E-state index >= 15 is 0 Å². The summed E-state index contributed by atoms with van der Waals surface area (Å²) in [6.45, 7) is 16.2. The van der Waals surface area contributed by atoms with Crippen molar-refractivity contribution < 1.29 is 19.1 Å². The molecule has 0 aliphatic rings. The second kappa shape index (κ2) is 28.5. The number of esters is 2. The third-order valence-electron chi connectivity index (χ3n) is 8.35. The van der Waals surface area contributed by atoms with Crippen molar-refractivity contribution in [3.8, 4) is 0 Å². The van der Waals surface area contributed by atoms with Crippen molar-refractivity contribution in [2.45, 2.75) is 143 Å². The van der Waals surface area contributed by atoms with Gasteiger partial charge >= 0.3 is 11.9 Å². The SMILES string of the molecule is CCCCCCN(CCCCCC)CCCOC(=O)c1cccc(C(=O)OCCCN(CCCCCC)CCCCCC)c1. The van der Waals surface area contributed by atoms with Gasteiger partial charge in [0.1, 0.15) is 0 Å². The summed E-state index contributed by atoms with van der Waals surface area (Å²) in [6, 6.07) is 6.76. The maximum atomic E-state index is 12.7. The first-order chi connectivity index (χ1) is 21.5. The van der Waals surface area contributed by atoms with Crippen LogP contribution >= 0.6 is 0 Å². The van der Waals surface area contributed by atoms with Crippen LogP contribution in [0.15, 0.2) is 24.3 Å². The predicted molar refractivity (Wildman–Crippen MR) is 186 cm³/mol. The molecular weight excluding hydrogens is 548 g/mol. The number of carbonyl (C=O) groups is 2. The molecule has 0 bridgehead atoms. The molecule has 0 heterocycles. The van der Waals surface area contributed by atoms with E-state index in [1.54, 1.807) is 24.3 Å². The lowest BCUT2D eigenvalue weighted by Gasteiger charge is -2.22. The molecule has 254 valence electrons. The van der Waals surface area contributed by atoms with E-state index in [0.717, 1.165) is 52.1 Å². The fourth-order valence-electron chi connectivity index (χ4n) is 5.57. The van der Waals surface area contributed by atoms with Gasteiger partial charge < -0.3 is 19.3 Å². The van der Waals surface area contributed by atoms with Crippen LogP contribution in [0, 0.1) is 0 Å². The van der Waals surface area contributed by atoms with Crippen molar-refractivity contribution >= 4 is 11.9 Å². The minimum absolute atomic E-state index is 0.376. The number of unbranched alkanes of at least 4 members (excludes halogenated alkanes) is 12. The summed E-state index contributed by atoms with van der Waals surface area (Å²) in [5.74, 6) is -0.752. The number of carbonyl (C=O) groups excluding carboxylic acids is 2. The largest absolute Gasteiger partial charge is 0.462 e. The summed E-state index contributed by atoms with van der Waals surface area (Å²) >= 11 is 0. The highest BCUT2D eigenvalue weighted by Gasteiger charge is 2.14. The van der Waals surface area contributed by atoms with E-state index in [1.807, 2.05) is 0 Å². The zero-order valence-electron chi connectivity index (χ0n) is 29.2. The van der Waals surface area contributed by atoms with Crippen LogP contribution in [0.2, 0.25) is 0 Å². The fourth-order valence-corrected chi connectivity index (χ4v) is 5.57. The van der Waals surface area contributed by atoms with Crippen LogP contribution in [-0.2, 0) is 9.47 Å². The molecule has 0 unspecified atom stereocenters. The molecule has 0 N–H and O–H groups in total. The minimum atomic E-state index is -0.376. The van der Waals surface area contributed by atoms with Gasteiger partial charge in [-0.25, -0.2) is 9.59 Å². The molecule has 1 rings (SSSR count). The van der Waals surface area contributed by atoms with Gasteiger partial charge in [0.25, 0.3) is 0 Å². The maximum absolute atomic E-state index is 12.7. The Morgan fingerprint density at radius 1 is 0.477 bits per heavy atom. The molecule has 0 saturated heterocycles. The molecule has 0 aliphatic carbocycles. The normalized spacial score (nSPS) is 11.4. The van der Waals surface area contributed by atoms with Gasteiger partial charge in [0.05, 0.1) is 24.3 Å². The lowest BCUT2D eigenvalue weighted by molar-refractivity contribution is 0.0486. The van der Waals surface area contributed by atoms with E-state index < -0.39 is 0 Å². The van der Waals surface area contributed by atoms with Crippen molar-refractivity contribution in [2.24, 2.45) is 0 Å². The summed E-state index contributed by atoms with van der Waals surface area (Å²) in [7, 11) is 0. The molecule has 0 atom stereocenters. The van der Waals surface area contributed by atoms with Gasteiger partial charge in [-0.05, 0) is 82.9 Å². The molecule has 0 amide bonds. The first-order valence-electron chi connectivity index (χ1n) is 18.4. The third-order valence-corrected chi connectivity index (χ3v) is 8.35. The lowest BCUT2D eigenvalue weighted by Crippen LogP contribution is -2.28. The summed E-state index contributed by atoms with van der Waals surface area (Å²) in [5, 5.41) is 0.